The highest BCUT2D eigenvalue weighted by molar-refractivity contribution is 6.31. The van der Waals surface area contributed by atoms with Gasteiger partial charge in [-0.2, -0.15) is 0 Å². The molecule has 1 aromatic carbocycles. The van der Waals surface area contributed by atoms with E-state index < -0.39 is 0 Å². The van der Waals surface area contributed by atoms with Crippen LogP contribution in [0, 0.1) is 0 Å². The Bertz CT molecular complexity index is 744. The highest BCUT2D eigenvalue weighted by Gasteiger charge is 2.26. The first-order valence-electron chi connectivity index (χ1n) is 6.92. The van der Waals surface area contributed by atoms with Crippen molar-refractivity contribution in [3.05, 3.63) is 52.8 Å². The average molecular weight is 316 g/mol. The lowest BCUT2D eigenvalue weighted by molar-refractivity contribution is 0.0971. The summed E-state index contributed by atoms with van der Waals surface area (Å²) in [7, 11) is 0. The number of nitrogen functional groups attached to an aromatic ring is 1. The highest BCUT2D eigenvalue weighted by atomic mass is 35.5. The van der Waals surface area contributed by atoms with Crippen molar-refractivity contribution in [3.63, 3.8) is 0 Å². The van der Waals surface area contributed by atoms with Gasteiger partial charge in [-0.25, -0.2) is 4.98 Å². The van der Waals surface area contributed by atoms with Crippen LogP contribution in [0.15, 0.2) is 36.5 Å². The third-order valence-corrected chi connectivity index (χ3v) is 3.82. The molecule has 1 aliphatic rings. The van der Waals surface area contributed by atoms with E-state index in [1.807, 2.05) is 0 Å². The number of hydrogen-bond acceptors (Lipinski definition) is 4. The number of carbonyl (C=O) groups excluding carboxylic acids is 2. The fourth-order valence-corrected chi connectivity index (χ4v) is 2.67. The lowest BCUT2D eigenvalue weighted by Crippen LogP contribution is -2.32. The Morgan fingerprint density at radius 1 is 1.27 bits per heavy atom. The summed E-state index contributed by atoms with van der Waals surface area (Å²) in [5.41, 5.74) is 7.45. The first-order valence-corrected chi connectivity index (χ1v) is 7.30. The minimum atomic E-state index is -0.252. The molecule has 5 nitrogen and oxygen atoms in total. The van der Waals surface area contributed by atoms with Crippen molar-refractivity contribution in [2.75, 3.05) is 17.2 Å². The number of amides is 1. The topological polar surface area (TPSA) is 76.3 Å². The van der Waals surface area contributed by atoms with Crippen molar-refractivity contribution in [1.82, 2.24) is 4.98 Å². The van der Waals surface area contributed by atoms with Crippen LogP contribution in [0.2, 0.25) is 5.02 Å². The summed E-state index contributed by atoms with van der Waals surface area (Å²) in [6.07, 6.45) is 2.44. The van der Waals surface area contributed by atoms with Crippen LogP contribution in [0.25, 0.3) is 0 Å². The molecule has 2 N–H and O–H groups in total. The van der Waals surface area contributed by atoms with E-state index in [1.165, 1.54) is 6.20 Å². The van der Waals surface area contributed by atoms with Gasteiger partial charge in [-0.15, -0.1) is 0 Å². The molecule has 1 amide bonds. The maximum Gasteiger partial charge on any atom is 0.276 e. The third-order valence-electron chi connectivity index (χ3n) is 3.59. The molecule has 0 unspecified atom stereocenters. The molecule has 0 fully saturated rings. The summed E-state index contributed by atoms with van der Waals surface area (Å²) < 4.78 is 0. The van der Waals surface area contributed by atoms with E-state index in [4.69, 9.17) is 17.3 Å². The summed E-state index contributed by atoms with van der Waals surface area (Å²) in [5.74, 6) is -0.253. The van der Waals surface area contributed by atoms with E-state index in [-0.39, 0.29) is 11.7 Å². The Balaban J connectivity index is 2.03. The Labute approximate surface area is 132 Å². The highest BCUT2D eigenvalue weighted by Crippen LogP contribution is 2.30. The van der Waals surface area contributed by atoms with Crippen LogP contribution in [0.1, 0.15) is 33.7 Å². The van der Waals surface area contributed by atoms with Crippen LogP contribution in [0.5, 0.6) is 0 Å². The molecule has 2 aromatic rings. The van der Waals surface area contributed by atoms with E-state index in [2.05, 4.69) is 4.98 Å². The molecule has 1 aromatic heterocycles. The predicted molar refractivity (Wildman–Crippen MR) is 85.3 cm³/mol. The summed E-state index contributed by atoms with van der Waals surface area (Å²) in [6.45, 7) is 0.464. The van der Waals surface area contributed by atoms with Gasteiger partial charge in [-0.05, 0) is 36.8 Å². The van der Waals surface area contributed by atoms with E-state index >= 15 is 0 Å². The first kappa shape index (κ1) is 14.5. The van der Waals surface area contributed by atoms with Crippen LogP contribution in [-0.2, 0) is 0 Å². The zero-order valence-corrected chi connectivity index (χ0v) is 12.5. The van der Waals surface area contributed by atoms with Gasteiger partial charge in [0.2, 0.25) is 0 Å². The van der Waals surface area contributed by atoms with Crippen molar-refractivity contribution >= 4 is 34.7 Å². The minimum absolute atomic E-state index is 0.00179. The number of anilines is 2. The normalized spacial score (nSPS) is 14.4. The number of carbonyl (C=O) groups is 2. The second-order valence-electron chi connectivity index (χ2n) is 5.12. The van der Waals surface area contributed by atoms with E-state index in [0.29, 0.717) is 47.0 Å². The quantitative estimate of drug-likeness (QED) is 0.877. The van der Waals surface area contributed by atoms with Gasteiger partial charge in [0, 0.05) is 23.6 Å². The molecule has 22 heavy (non-hydrogen) atoms. The first-order chi connectivity index (χ1) is 10.6. The predicted octanol–water partition coefficient (Wildman–Crippen LogP) is 2.94. The Morgan fingerprint density at radius 3 is 2.82 bits per heavy atom. The lowest BCUT2D eigenvalue weighted by atomic mass is 10.1. The smallest absolute Gasteiger partial charge is 0.276 e. The zero-order valence-electron chi connectivity index (χ0n) is 11.8. The van der Waals surface area contributed by atoms with Gasteiger partial charge < -0.3 is 10.6 Å². The summed E-state index contributed by atoms with van der Waals surface area (Å²) in [5, 5.41) is 0.479. The largest absolute Gasteiger partial charge is 0.397 e. The summed E-state index contributed by atoms with van der Waals surface area (Å²) in [4.78, 5) is 30.5. The lowest BCUT2D eigenvalue weighted by Gasteiger charge is -2.22. The molecular formula is C16H14ClN3O2. The number of nitrogens with zero attached hydrogens (tertiary/aromatic N) is 2. The fourth-order valence-electron chi connectivity index (χ4n) is 2.50. The van der Waals surface area contributed by atoms with Gasteiger partial charge in [0.1, 0.15) is 5.69 Å². The van der Waals surface area contributed by atoms with Gasteiger partial charge in [0.25, 0.3) is 5.91 Å². The van der Waals surface area contributed by atoms with Crippen LogP contribution in [0.4, 0.5) is 11.4 Å². The van der Waals surface area contributed by atoms with Gasteiger partial charge in [-0.1, -0.05) is 11.6 Å². The van der Waals surface area contributed by atoms with E-state index in [1.54, 1.807) is 35.2 Å². The van der Waals surface area contributed by atoms with Crippen molar-refractivity contribution in [3.8, 4) is 0 Å². The number of hydrogen-bond donors (Lipinski definition) is 1. The molecule has 0 saturated heterocycles. The molecule has 0 atom stereocenters. The Kier molecular flexibility index (Phi) is 3.81. The fraction of sp³-hybridized carbons (Fsp3) is 0.188. The van der Waals surface area contributed by atoms with Crippen molar-refractivity contribution < 1.29 is 9.59 Å². The third kappa shape index (κ3) is 2.67. The van der Waals surface area contributed by atoms with E-state index in [0.717, 1.165) is 0 Å². The molecule has 0 bridgehead atoms. The molecule has 1 aliphatic heterocycles. The SMILES string of the molecule is Nc1ccc(C(=O)N2CCCC(=O)c3cc(Cl)ccc32)nc1. The molecule has 0 saturated carbocycles. The molecular weight excluding hydrogens is 302 g/mol. The molecule has 112 valence electrons. The number of rotatable bonds is 1. The molecule has 3 rings (SSSR count). The molecule has 0 spiro atoms. The maximum atomic E-state index is 12.7. The van der Waals surface area contributed by atoms with Crippen molar-refractivity contribution in [2.45, 2.75) is 12.8 Å². The van der Waals surface area contributed by atoms with Crippen LogP contribution in [0.3, 0.4) is 0 Å². The van der Waals surface area contributed by atoms with Gasteiger partial charge in [0.05, 0.1) is 17.6 Å². The number of halogens is 1. The number of fused-ring (bicyclic) bond motifs is 1. The summed E-state index contributed by atoms with van der Waals surface area (Å²) in [6, 6.07) is 8.21. The molecule has 6 heteroatoms. The number of Topliss-reactive ketones (excluding diaryl/α,β-unsaturated/α-hetero) is 1. The number of aromatic nitrogens is 1. The maximum absolute atomic E-state index is 12.7. The number of nitrogens with two attached hydrogens (primary N) is 1. The average Bonchev–Trinajstić information content (AvgIpc) is 2.67. The standard InChI is InChI=1S/C16H14ClN3O2/c17-10-3-6-14-12(8-10)15(21)2-1-7-20(14)16(22)13-5-4-11(18)9-19-13/h3-6,8-9H,1-2,7,18H2. The second-order valence-corrected chi connectivity index (χ2v) is 5.56. The van der Waals surface area contributed by atoms with Gasteiger partial charge in [0.15, 0.2) is 5.78 Å². The van der Waals surface area contributed by atoms with Gasteiger partial charge >= 0.3 is 0 Å². The monoisotopic (exact) mass is 315 g/mol. The zero-order chi connectivity index (χ0) is 15.7. The van der Waals surface area contributed by atoms with Crippen molar-refractivity contribution in [2.24, 2.45) is 0 Å². The number of ketones is 1. The second kappa shape index (κ2) is 5.77. The number of pyridine rings is 1. The minimum Gasteiger partial charge on any atom is -0.397 e. The van der Waals surface area contributed by atoms with Crippen LogP contribution < -0.4 is 10.6 Å². The Morgan fingerprint density at radius 2 is 2.09 bits per heavy atom. The Hall–Kier alpha value is -2.40. The van der Waals surface area contributed by atoms with Gasteiger partial charge in [-0.3, -0.25) is 9.59 Å². The molecule has 0 aliphatic carbocycles. The van der Waals surface area contributed by atoms with Crippen LogP contribution >= 0.6 is 11.6 Å². The van der Waals surface area contributed by atoms with Crippen molar-refractivity contribution in [1.29, 1.82) is 0 Å². The molecule has 0 radical (unpaired) electrons. The molecule has 2 heterocycles. The number of benzene rings is 1. The van der Waals surface area contributed by atoms with Crippen LogP contribution in [-0.4, -0.2) is 23.2 Å². The summed E-state index contributed by atoms with van der Waals surface area (Å²) >= 11 is 5.98. The van der Waals surface area contributed by atoms with E-state index in [9.17, 15) is 9.59 Å².